The smallest absolute Gasteiger partial charge is 0.329 e. The molecule has 17 heteroatoms. The summed E-state index contributed by atoms with van der Waals surface area (Å²) in [5.41, 5.74) is 6.86. The number of morpholine rings is 1. The van der Waals surface area contributed by atoms with Crippen LogP contribution < -0.4 is 30.9 Å². The van der Waals surface area contributed by atoms with Gasteiger partial charge in [-0.2, -0.15) is 0 Å². The molecule has 370 valence electrons. The highest BCUT2D eigenvalue weighted by Gasteiger charge is 2.76. The SMILES string of the molecule is C[C@@H](NC(=O)N1C(=O)[C@@]2(c3cc(C#CCNC(N)=O)ccc31)[C@H](C(=O)N1CCN(c3ncccn3)CC1)[C@H]1C(=O)O[C@H](c3ccccc3)[C@H](c3ccccc3)N1[C@@H]2c1cccc(OCCO)c1)c1ccccc1. The quantitative estimate of drug-likeness (QED) is 0.0956. The van der Waals surface area contributed by atoms with Crippen molar-refractivity contribution in [2.24, 2.45) is 11.7 Å². The molecule has 0 aliphatic carbocycles. The van der Waals surface area contributed by atoms with Gasteiger partial charge in [0.15, 0.2) is 0 Å². The molecular formula is C56H53N9O8. The number of fused-ring (bicyclic) bond motifs is 3. The third-order valence-electron chi connectivity index (χ3n) is 14.1. The molecule has 4 aliphatic heterocycles. The molecule has 0 saturated carbocycles. The number of esters is 1. The Bertz CT molecular complexity index is 3080. The number of primary amides is 1. The van der Waals surface area contributed by atoms with Crippen molar-refractivity contribution >= 4 is 41.5 Å². The van der Waals surface area contributed by atoms with Crippen LogP contribution in [0.1, 0.15) is 64.5 Å². The van der Waals surface area contributed by atoms with Gasteiger partial charge in [-0.15, -0.1) is 0 Å². The molecule has 5 N–H and O–H groups in total. The molecule has 7 atom stereocenters. The van der Waals surface area contributed by atoms with Crippen LogP contribution in [0.4, 0.5) is 21.2 Å². The molecule has 3 saturated heterocycles. The third kappa shape index (κ3) is 8.96. The van der Waals surface area contributed by atoms with Gasteiger partial charge in [0.1, 0.15) is 29.9 Å². The molecule has 5 heterocycles. The topological polar surface area (TPSA) is 213 Å². The number of piperazine rings is 1. The lowest BCUT2D eigenvalue weighted by Gasteiger charge is -2.46. The second-order valence-electron chi connectivity index (χ2n) is 18.2. The van der Waals surface area contributed by atoms with E-state index in [0.717, 1.165) is 16.0 Å². The van der Waals surface area contributed by atoms with Crippen LogP contribution in [-0.2, 0) is 24.5 Å². The third-order valence-corrected chi connectivity index (χ3v) is 14.1. The number of imide groups is 1. The lowest BCUT2D eigenvalue weighted by molar-refractivity contribution is -0.179. The summed E-state index contributed by atoms with van der Waals surface area (Å²) in [5, 5.41) is 15.4. The summed E-state index contributed by atoms with van der Waals surface area (Å²) in [6.07, 6.45) is 2.36. The number of nitrogens with one attached hydrogen (secondary N) is 2. The number of urea groups is 2. The largest absolute Gasteiger partial charge is 0.491 e. The molecule has 0 unspecified atom stereocenters. The fourth-order valence-electron chi connectivity index (χ4n) is 11.0. The Labute approximate surface area is 421 Å². The summed E-state index contributed by atoms with van der Waals surface area (Å²) in [7, 11) is 0. The van der Waals surface area contributed by atoms with Crippen LogP contribution in [0.15, 0.2) is 152 Å². The lowest BCUT2D eigenvalue weighted by Crippen LogP contribution is -2.59. The Balaban J connectivity index is 1.24. The zero-order valence-corrected chi connectivity index (χ0v) is 39.9. The van der Waals surface area contributed by atoms with E-state index in [0.29, 0.717) is 41.5 Å². The number of aliphatic hydroxyl groups is 1. The van der Waals surface area contributed by atoms with Gasteiger partial charge in [-0.3, -0.25) is 19.3 Å². The van der Waals surface area contributed by atoms with E-state index in [9.17, 15) is 9.90 Å². The highest BCUT2D eigenvalue weighted by molar-refractivity contribution is 6.24. The number of carbonyl (C=O) groups is 5. The van der Waals surface area contributed by atoms with Gasteiger partial charge in [-0.05, 0) is 71.1 Å². The van der Waals surface area contributed by atoms with Crippen LogP contribution in [0.5, 0.6) is 5.75 Å². The van der Waals surface area contributed by atoms with Gasteiger partial charge in [0, 0.05) is 44.1 Å². The number of hydrogen-bond donors (Lipinski definition) is 4. The van der Waals surface area contributed by atoms with Crippen LogP contribution in [0.25, 0.3) is 0 Å². The number of nitrogens with zero attached hydrogens (tertiary/aromatic N) is 6. The van der Waals surface area contributed by atoms with Crippen molar-refractivity contribution in [3.63, 3.8) is 0 Å². The first-order valence-electron chi connectivity index (χ1n) is 24.2. The molecular weight excluding hydrogens is 927 g/mol. The highest BCUT2D eigenvalue weighted by atomic mass is 16.6. The number of rotatable bonds is 11. The van der Waals surface area contributed by atoms with E-state index in [1.54, 1.807) is 59.8 Å². The van der Waals surface area contributed by atoms with Crippen molar-refractivity contribution < 1.29 is 38.6 Å². The maximum absolute atomic E-state index is 16.8. The fraction of sp³-hybridized carbons (Fsp3) is 0.268. The molecule has 73 heavy (non-hydrogen) atoms. The normalized spacial score (nSPS) is 22.6. The minimum Gasteiger partial charge on any atom is -0.491 e. The van der Waals surface area contributed by atoms with Crippen LogP contribution in [0.2, 0.25) is 0 Å². The molecule has 10 rings (SSSR count). The van der Waals surface area contributed by atoms with Crippen molar-refractivity contribution in [1.29, 1.82) is 0 Å². The summed E-state index contributed by atoms with van der Waals surface area (Å²) < 4.78 is 12.7. The molecule has 0 radical (unpaired) electrons. The summed E-state index contributed by atoms with van der Waals surface area (Å²) in [6, 6.07) is 36.5. The standard InChI is InChI=1S/C56H53N9O8/c1-36(38-15-5-2-6-16-38)61-55(71)64-44-24-23-37(14-12-25-58-53(57)70)34-43(44)56(52(64)69)45(50(67)62-28-30-63(31-29-62)54-59-26-13-27-60-54)47-51(68)73-48(40-19-9-4-10-20-40)46(39-17-7-3-8-18-39)65(47)49(56)41-21-11-22-42(35-41)72-33-32-66/h2-11,13,15-24,26-27,34-36,45-49,66H,25,28-33H2,1H3,(H,61,71)(H3,57,58,70)/t36-,45+,46+,47+,48-,49-,56+/m1/s1. The van der Waals surface area contributed by atoms with E-state index in [1.807, 2.05) is 114 Å². The minimum absolute atomic E-state index is 0.0380. The van der Waals surface area contributed by atoms with Crippen molar-refractivity contribution in [1.82, 2.24) is 30.4 Å². The average Bonchev–Trinajstić information content (AvgIpc) is 3.91. The fourth-order valence-corrected chi connectivity index (χ4v) is 11.0. The number of carbonyl (C=O) groups excluding carboxylic acids is 5. The van der Waals surface area contributed by atoms with E-state index in [-0.39, 0.29) is 44.1 Å². The molecule has 17 nitrogen and oxygen atoms in total. The number of hydrogen-bond acceptors (Lipinski definition) is 12. The lowest BCUT2D eigenvalue weighted by atomic mass is 9.64. The molecule has 5 aromatic carbocycles. The number of cyclic esters (lactones) is 1. The van der Waals surface area contributed by atoms with E-state index < -0.39 is 71.5 Å². The van der Waals surface area contributed by atoms with Gasteiger partial charge in [-0.1, -0.05) is 115 Å². The Kier molecular flexibility index (Phi) is 13.6. The predicted octanol–water partition coefficient (Wildman–Crippen LogP) is 5.35. The first kappa shape index (κ1) is 48.1. The van der Waals surface area contributed by atoms with Gasteiger partial charge in [0.2, 0.25) is 17.8 Å². The Morgan fingerprint density at radius 1 is 0.822 bits per heavy atom. The Morgan fingerprint density at radius 2 is 1.49 bits per heavy atom. The maximum Gasteiger partial charge on any atom is 0.329 e. The summed E-state index contributed by atoms with van der Waals surface area (Å²) in [6.45, 7) is 2.48. The number of aromatic nitrogens is 2. The van der Waals surface area contributed by atoms with Gasteiger partial charge < -0.3 is 40.7 Å². The molecule has 4 aliphatic rings. The van der Waals surface area contributed by atoms with Crippen LogP contribution in [0, 0.1) is 17.8 Å². The number of aliphatic hydroxyl groups excluding tert-OH is 1. The molecule has 0 bridgehead atoms. The zero-order valence-electron chi connectivity index (χ0n) is 39.9. The number of amides is 6. The number of benzene rings is 5. The van der Waals surface area contributed by atoms with Crippen LogP contribution >= 0.6 is 0 Å². The molecule has 6 amide bonds. The van der Waals surface area contributed by atoms with Crippen molar-refractivity contribution in [2.45, 2.75) is 42.6 Å². The summed E-state index contributed by atoms with van der Waals surface area (Å²) in [4.78, 5) is 91.3. The summed E-state index contributed by atoms with van der Waals surface area (Å²) in [5.74, 6) is 3.38. The average molecular weight is 980 g/mol. The number of ether oxygens (including phenoxy) is 2. The maximum atomic E-state index is 16.8. The van der Waals surface area contributed by atoms with Crippen molar-refractivity contribution in [2.75, 3.05) is 55.7 Å². The summed E-state index contributed by atoms with van der Waals surface area (Å²) >= 11 is 0. The molecule has 1 aromatic heterocycles. The van der Waals surface area contributed by atoms with E-state index >= 15 is 19.2 Å². The number of anilines is 2. The van der Waals surface area contributed by atoms with Gasteiger partial charge >= 0.3 is 18.0 Å². The monoisotopic (exact) mass is 979 g/mol. The van der Waals surface area contributed by atoms with Gasteiger partial charge in [0.05, 0.1) is 42.9 Å². The van der Waals surface area contributed by atoms with Gasteiger partial charge in [-0.25, -0.2) is 24.5 Å². The zero-order chi connectivity index (χ0) is 50.6. The van der Waals surface area contributed by atoms with Gasteiger partial charge in [0.25, 0.3) is 0 Å². The van der Waals surface area contributed by atoms with Crippen LogP contribution in [0.3, 0.4) is 0 Å². The van der Waals surface area contributed by atoms with Crippen molar-refractivity contribution in [3.8, 4) is 17.6 Å². The van der Waals surface area contributed by atoms with Crippen LogP contribution in [-0.4, -0.2) is 107 Å². The van der Waals surface area contributed by atoms with E-state index in [4.69, 9.17) is 15.2 Å². The molecule has 3 fully saturated rings. The second kappa shape index (κ2) is 20.6. The molecule has 6 aromatic rings. The van der Waals surface area contributed by atoms with Crippen molar-refractivity contribution in [3.05, 3.63) is 185 Å². The first-order valence-corrected chi connectivity index (χ1v) is 24.2. The Hall–Kier alpha value is -8.59. The second-order valence-corrected chi connectivity index (χ2v) is 18.2. The minimum atomic E-state index is -2.07. The predicted molar refractivity (Wildman–Crippen MR) is 270 cm³/mol. The number of nitrogens with two attached hydrogens (primary N) is 1. The van der Waals surface area contributed by atoms with E-state index in [1.165, 1.54) is 0 Å². The Morgan fingerprint density at radius 3 is 2.18 bits per heavy atom. The van der Waals surface area contributed by atoms with E-state index in [2.05, 4.69) is 32.4 Å². The highest BCUT2D eigenvalue weighted by Crippen LogP contribution is 2.66. The first-order chi connectivity index (χ1) is 35.6. The molecule has 1 spiro atoms.